The summed E-state index contributed by atoms with van der Waals surface area (Å²) in [4.78, 5) is 23.1. The molecule has 0 saturated heterocycles. The Balaban J connectivity index is 1.56. The number of carbonyl (C=O) groups is 1. The molecule has 0 bridgehead atoms. The number of amides is 1. The second-order valence-corrected chi connectivity index (χ2v) is 8.87. The third-order valence-corrected chi connectivity index (χ3v) is 6.16. The molecule has 1 aliphatic carbocycles. The highest BCUT2D eigenvalue weighted by atomic mass is 16.5. The lowest BCUT2D eigenvalue weighted by Gasteiger charge is -2.20. The number of aryl methyl sites for hydroxylation is 1. The molecule has 1 amide bonds. The highest BCUT2D eigenvalue weighted by Gasteiger charge is 2.29. The van der Waals surface area contributed by atoms with Crippen LogP contribution in [0.3, 0.4) is 0 Å². The van der Waals surface area contributed by atoms with Gasteiger partial charge in [0.05, 0.1) is 24.3 Å². The average molecular weight is 445 g/mol. The van der Waals surface area contributed by atoms with E-state index >= 15 is 0 Å². The van der Waals surface area contributed by atoms with E-state index in [4.69, 9.17) is 9.72 Å². The molecule has 170 valence electrons. The van der Waals surface area contributed by atoms with Crippen LogP contribution >= 0.6 is 0 Å². The van der Waals surface area contributed by atoms with Gasteiger partial charge in [-0.3, -0.25) is 4.79 Å². The minimum absolute atomic E-state index is 0.153. The third kappa shape index (κ3) is 3.97. The van der Waals surface area contributed by atoms with Gasteiger partial charge in [-0.25, -0.2) is 14.6 Å². The highest BCUT2D eigenvalue weighted by Crippen LogP contribution is 2.40. The van der Waals surface area contributed by atoms with Gasteiger partial charge in [-0.2, -0.15) is 5.10 Å². The van der Waals surface area contributed by atoms with Crippen molar-refractivity contribution >= 4 is 16.9 Å². The lowest BCUT2D eigenvalue weighted by molar-refractivity contribution is 0.0942. The maximum Gasteiger partial charge on any atom is 0.253 e. The first-order valence-electron chi connectivity index (χ1n) is 11.3. The summed E-state index contributed by atoms with van der Waals surface area (Å²) in [7, 11) is 3.56. The Kier molecular flexibility index (Phi) is 5.36. The van der Waals surface area contributed by atoms with E-state index in [9.17, 15) is 4.79 Å². The van der Waals surface area contributed by atoms with Crippen molar-refractivity contribution < 1.29 is 9.53 Å². The van der Waals surface area contributed by atoms with Crippen LogP contribution in [0, 0.1) is 0 Å². The van der Waals surface area contributed by atoms with Gasteiger partial charge in [0.2, 0.25) is 0 Å². The van der Waals surface area contributed by atoms with Crippen LogP contribution in [-0.4, -0.2) is 37.3 Å². The molecule has 0 aliphatic heterocycles. The van der Waals surface area contributed by atoms with Crippen molar-refractivity contribution in [3.63, 3.8) is 0 Å². The maximum absolute atomic E-state index is 13.7. The van der Waals surface area contributed by atoms with Crippen LogP contribution in [0.5, 0.6) is 5.75 Å². The smallest absolute Gasteiger partial charge is 0.253 e. The Morgan fingerprint density at radius 3 is 2.58 bits per heavy atom. The fourth-order valence-electron chi connectivity index (χ4n) is 4.15. The van der Waals surface area contributed by atoms with Crippen LogP contribution < -0.4 is 10.1 Å². The largest absolute Gasteiger partial charge is 0.497 e. The molecule has 1 atom stereocenters. The van der Waals surface area contributed by atoms with Crippen LogP contribution in [0.25, 0.3) is 11.0 Å². The number of imidazole rings is 1. The number of benzene rings is 1. The number of nitrogens with zero attached hydrogens (tertiary/aromatic N) is 5. The van der Waals surface area contributed by atoms with E-state index in [2.05, 4.69) is 29.2 Å². The molecule has 1 fully saturated rings. The maximum atomic E-state index is 13.7. The van der Waals surface area contributed by atoms with Crippen LogP contribution in [0.4, 0.5) is 0 Å². The van der Waals surface area contributed by atoms with E-state index in [0.29, 0.717) is 11.5 Å². The Morgan fingerprint density at radius 2 is 1.97 bits per heavy atom. The number of aromatic nitrogens is 5. The van der Waals surface area contributed by atoms with Crippen LogP contribution in [0.2, 0.25) is 0 Å². The molecule has 1 saturated carbocycles. The molecule has 0 spiro atoms. The van der Waals surface area contributed by atoms with Crippen molar-refractivity contribution in [1.29, 1.82) is 0 Å². The van der Waals surface area contributed by atoms with E-state index in [1.165, 1.54) is 0 Å². The second kappa shape index (κ2) is 8.35. The number of pyridine rings is 1. The lowest BCUT2D eigenvalue weighted by Crippen LogP contribution is -2.31. The lowest BCUT2D eigenvalue weighted by atomic mass is 10.0. The van der Waals surface area contributed by atoms with Crippen LogP contribution in [0.15, 0.2) is 48.9 Å². The monoisotopic (exact) mass is 444 g/mol. The number of hydrogen-bond donors (Lipinski definition) is 1. The first-order valence-corrected chi connectivity index (χ1v) is 11.3. The Bertz CT molecular complexity index is 1300. The van der Waals surface area contributed by atoms with Crippen molar-refractivity contribution in [2.45, 2.75) is 44.7 Å². The zero-order chi connectivity index (χ0) is 23.1. The standard InChI is InChI=1S/C25H28N6O2/c1-15(2)31-23-20(14-27-31)19(13-21(28-23)16-5-6-16)25(32)29-22(24-26-11-12-30(24)3)17-7-9-18(33-4)10-8-17/h7-16,22H,5-6H2,1-4H3,(H,29,32). The van der Waals surface area contributed by atoms with Gasteiger partial charge in [-0.15, -0.1) is 0 Å². The van der Waals surface area contributed by atoms with Gasteiger partial charge >= 0.3 is 0 Å². The van der Waals surface area contributed by atoms with E-state index < -0.39 is 6.04 Å². The number of methoxy groups -OCH3 is 1. The molecule has 33 heavy (non-hydrogen) atoms. The summed E-state index contributed by atoms with van der Waals surface area (Å²) in [6.07, 6.45) is 7.58. The average Bonchev–Trinajstić information content (AvgIpc) is 3.44. The van der Waals surface area contributed by atoms with Gasteiger partial charge in [0.15, 0.2) is 5.65 Å². The number of hydrogen-bond acceptors (Lipinski definition) is 5. The van der Waals surface area contributed by atoms with E-state index in [-0.39, 0.29) is 11.9 Å². The minimum atomic E-state index is -0.420. The van der Waals surface area contributed by atoms with Gasteiger partial charge in [-0.1, -0.05) is 12.1 Å². The minimum Gasteiger partial charge on any atom is -0.497 e. The normalized spacial score (nSPS) is 14.6. The molecule has 1 N–H and O–H groups in total. The SMILES string of the molecule is COc1ccc(C(NC(=O)c2cc(C3CC3)nc3c2cnn3C(C)C)c2nccn2C)cc1. The van der Waals surface area contributed by atoms with E-state index in [0.717, 1.165) is 46.7 Å². The molecule has 8 heteroatoms. The molecule has 1 unspecified atom stereocenters. The van der Waals surface area contributed by atoms with E-state index in [1.807, 2.05) is 52.8 Å². The van der Waals surface area contributed by atoms with Crippen molar-refractivity contribution in [3.8, 4) is 5.75 Å². The highest BCUT2D eigenvalue weighted by molar-refractivity contribution is 6.05. The van der Waals surface area contributed by atoms with Gasteiger partial charge in [0.1, 0.15) is 17.6 Å². The molecule has 5 rings (SSSR count). The van der Waals surface area contributed by atoms with Gasteiger partial charge < -0.3 is 14.6 Å². The number of carbonyl (C=O) groups excluding carboxylic acids is 1. The zero-order valence-corrected chi connectivity index (χ0v) is 19.3. The quantitative estimate of drug-likeness (QED) is 0.463. The Labute approximate surface area is 192 Å². The molecule has 4 aromatic rings. The Morgan fingerprint density at radius 1 is 1.21 bits per heavy atom. The molecule has 8 nitrogen and oxygen atoms in total. The van der Waals surface area contributed by atoms with E-state index in [1.54, 1.807) is 19.5 Å². The number of nitrogens with one attached hydrogen (secondary N) is 1. The summed E-state index contributed by atoms with van der Waals surface area (Å²) in [5.41, 5.74) is 3.25. The topological polar surface area (TPSA) is 86.9 Å². The summed E-state index contributed by atoms with van der Waals surface area (Å²) in [6.45, 7) is 4.14. The fourth-order valence-corrected chi connectivity index (χ4v) is 4.15. The first-order chi connectivity index (χ1) is 16.0. The zero-order valence-electron chi connectivity index (χ0n) is 19.3. The summed E-state index contributed by atoms with van der Waals surface area (Å²) < 4.78 is 9.11. The number of ether oxygens (including phenoxy) is 1. The predicted molar refractivity (Wildman–Crippen MR) is 125 cm³/mol. The van der Waals surface area contributed by atoms with Gasteiger partial charge in [0.25, 0.3) is 5.91 Å². The molecule has 1 aliphatic rings. The third-order valence-electron chi connectivity index (χ3n) is 6.16. The Hall–Kier alpha value is -3.68. The van der Waals surface area contributed by atoms with Gasteiger partial charge in [-0.05, 0) is 50.5 Å². The summed E-state index contributed by atoms with van der Waals surface area (Å²) in [5.74, 6) is 1.76. The molecule has 0 radical (unpaired) electrons. The summed E-state index contributed by atoms with van der Waals surface area (Å²) in [5, 5.41) is 8.51. The van der Waals surface area contributed by atoms with Gasteiger partial charge in [0, 0.05) is 37.1 Å². The predicted octanol–water partition coefficient (Wildman–Crippen LogP) is 4.15. The second-order valence-electron chi connectivity index (χ2n) is 8.87. The molecule has 3 heterocycles. The van der Waals surface area contributed by atoms with Crippen molar-refractivity contribution in [1.82, 2.24) is 29.6 Å². The first kappa shape index (κ1) is 21.2. The molecular weight excluding hydrogens is 416 g/mol. The number of rotatable bonds is 7. The van der Waals surface area contributed by atoms with Crippen LogP contribution in [0.1, 0.15) is 72.1 Å². The summed E-state index contributed by atoms with van der Waals surface area (Å²) >= 11 is 0. The molecule has 3 aromatic heterocycles. The number of fused-ring (bicyclic) bond motifs is 1. The van der Waals surface area contributed by atoms with Crippen molar-refractivity contribution in [2.75, 3.05) is 7.11 Å². The fraction of sp³-hybridized carbons (Fsp3) is 0.360. The van der Waals surface area contributed by atoms with Crippen LogP contribution in [-0.2, 0) is 7.05 Å². The molecular formula is C25H28N6O2. The van der Waals surface area contributed by atoms with Crippen molar-refractivity contribution in [2.24, 2.45) is 7.05 Å². The molecule has 1 aromatic carbocycles. The summed E-state index contributed by atoms with van der Waals surface area (Å²) in [6, 6.07) is 9.35. The van der Waals surface area contributed by atoms with Crippen molar-refractivity contribution in [3.05, 3.63) is 71.6 Å².